The van der Waals surface area contributed by atoms with E-state index >= 15 is 0 Å². The Hall–Kier alpha value is -1.24. The molecule has 0 aliphatic carbocycles. The predicted octanol–water partition coefficient (Wildman–Crippen LogP) is 1.93. The van der Waals surface area contributed by atoms with Crippen LogP contribution in [0, 0.1) is 0 Å². The normalized spacial score (nSPS) is 19.3. The lowest BCUT2D eigenvalue weighted by atomic mass is 9.84. The molecule has 1 atom stereocenters. The average Bonchev–Trinajstić information content (AvgIpc) is 2.32. The summed E-state index contributed by atoms with van der Waals surface area (Å²) in [5.74, 6) is 0. The van der Waals surface area contributed by atoms with E-state index in [9.17, 15) is 9.35 Å². The van der Waals surface area contributed by atoms with Crippen molar-refractivity contribution in [3.63, 3.8) is 0 Å². The van der Waals surface area contributed by atoms with Gasteiger partial charge in [0.25, 0.3) is 0 Å². The number of amides is 1. The molecule has 1 fully saturated rings. The Morgan fingerprint density at radius 1 is 1.35 bits per heavy atom. The van der Waals surface area contributed by atoms with Gasteiger partial charge in [0.15, 0.2) is 0 Å². The zero-order valence-corrected chi connectivity index (χ0v) is 12.7. The first-order valence-corrected chi connectivity index (χ1v) is 7.63. The third-order valence-corrected chi connectivity index (χ3v) is 5.05. The lowest BCUT2D eigenvalue weighted by Crippen LogP contribution is -2.69. The minimum absolute atomic E-state index is 0.314. The summed E-state index contributed by atoms with van der Waals surface area (Å²) >= 11 is -1.25. The second kappa shape index (κ2) is 5.27. The number of hydrogen-bond donors (Lipinski definition) is 2. The Kier molecular flexibility index (Phi) is 4.00. The van der Waals surface area contributed by atoms with Crippen molar-refractivity contribution in [3.8, 4) is 0 Å². The summed E-state index contributed by atoms with van der Waals surface area (Å²) in [5, 5.41) is 9.03. The Labute approximate surface area is 122 Å². The van der Waals surface area contributed by atoms with Crippen molar-refractivity contribution in [2.45, 2.75) is 31.1 Å². The SMILES string of the molecule is CC(C)(C)[S+]([O-])NC1(c2ccccc2)CN(C(=O)O)C1. The molecule has 1 amide bonds. The van der Waals surface area contributed by atoms with Gasteiger partial charge < -0.3 is 14.6 Å². The van der Waals surface area contributed by atoms with Gasteiger partial charge in [-0.25, -0.2) is 4.79 Å². The number of benzene rings is 1. The van der Waals surface area contributed by atoms with Gasteiger partial charge in [0, 0.05) is 11.4 Å². The quantitative estimate of drug-likeness (QED) is 0.836. The molecule has 6 heteroatoms. The number of hydrogen-bond acceptors (Lipinski definition) is 3. The van der Waals surface area contributed by atoms with E-state index in [1.54, 1.807) is 0 Å². The molecule has 1 heterocycles. The van der Waals surface area contributed by atoms with Crippen molar-refractivity contribution in [2.75, 3.05) is 13.1 Å². The van der Waals surface area contributed by atoms with Gasteiger partial charge in [-0.1, -0.05) is 30.3 Å². The third kappa shape index (κ3) is 2.92. The van der Waals surface area contributed by atoms with Crippen molar-refractivity contribution < 1.29 is 14.5 Å². The molecular weight excluding hydrogens is 276 g/mol. The van der Waals surface area contributed by atoms with E-state index in [0.29, 0.717) is 13.1 Å². The molecule has 1 aromatic carbocycles. The average molecular weight is 296 g/mol. The molecule has 2 N–H and O–H groups in total. The molecule has 1 aromatic rings. The molecule has 1 saturated heterocycles. The highest BCUT2D eigenvalue weighted by Crippen LogP contribution is 2.34. The maximum Gasteiger partial charge on any atom is 0.407 e. The Bertz CT molecular complexity index is 481. The van der Waals surface area contributed by atoms with Crippen molar-refractivity contribution >= 4 is 17.5 Å². The Morgan fingerprint density at radius 3 is 2.35 bits per heavy atom. The lowest BCUT2D eigenvalue weighted by Gasteiger charge is -2.49. The number of carboxylic acid groups (broad SMARTS) is 1. The molecule has 20 heavy (non-hydrogen) atoms. The van der Waals surface area contributed by atoms with Gasteiger partial charge in [-0.05, 0) is 26.3 Å². The van der Waals surface area contributed by atoms with E-state index in [0.717, 1.165) is 5.56 Å². The van der Waals surface area contributed by atoms with Crippen molar-refractivity contribution in [1.82, 2.24) is 9.62 Å². The van der Waals surface area contributed by atoms with E-state index in [2.05, 4.69) is 4.72 Å². The molecule has 1 aliphatic heterocycles. The summed E-state index contributed by atoms with van der Waals surface area (Å²) in [6.07, 6.45) is -0.945. The number of likely N-dealkylation sites (tertiary alicyclic amines) is 1. The topological polar surface area (TPSA) is 75.6 Å². The molecule has 0 spiro atoms. The van der Waals surface area contributed by atoms with Crippen LogP contribution in [0.5, 0.6) is 0 Å². The summed E-state index contributed by atoms with van der Waals surface area (Å²) in [5.41, 5.74) is 0.410. The summed E-state index contributed by atoms with van der Waals surface area (Å²) in [6, 6.07) is 9.59. The van der Waals surface area contributed by atoms with Gasteiger partial charge >= 0.3 is 6.09 Å². The van der Waals surface area contributed by atoms with Gasteiger partial charge in [0.2, 0.25) is 0 Å². The van der Waals surface area contributed by atoms with Crippen LogP contribution in [-0.2, 0) is 16.9 Å². The van der Waals surface area contributed by atoms with E-state index in [1.165, 1.54) is 4.90 Å². The molecule has 5 nitrogen and oxygen atoms in total. The minimum Gasteiger partial charge on any atom is -0.598 e. The molecule has 0 bridgehead atoms. The van der Waals surface area contributed by atoms with Crippen LogP contribution >= 0.6 is 0 Å². The zero-order valence-electron chi connectivity index (χ0n) is 11.9. The summed E-state index contributed by atoms with van der Waals surface area (Å²) < 4.78 is 15.1. The molecule has 110 valence electrons. The molecule has 1 aliphatic rings. The van der Waals surface area contributed by atoms with Crippen LogP contribution in [0.15, 0.2) is 30.3 Å². The zero-order chi connectivity index (χ0) is 15.0. The lowest BCUT2D eigenvalue weighted by molar-refractivity contribution is 0.0532. The maximum atomic E-state index is 12.4. The molecule has 0 aromatic heterocycles. The molecule has 0 saturated carbocycles. The highest BCUT2D eigenvalue weighted by Gasteiger charge is 2.51. The summed E-state index contributed by atoms with van der Waals surface area (Å²) in [6.45, 7) is 6.30. The molecule has 0 radical (unpaired) electrons. The summed E-state index contributed by atoms with van der Waals surface area (Å²) in [4.78, 5) is 12.3. The fourth-order valence-corrected chi connectivity index (χ4v) is 3.04. The Balaban J connectivity index is 2.22. The first-order chi connectivity index (χ1) is 9.24. The van der Waals surface area contributed by atoms with Crippen molar-refractivity contribution in [2.24, 2.45) is 0 Å². The molecule has 1 unspecified atom stereocenters. The largest absolute Gasteiger partial charge is 0.598 e. The first kappa shape index (κ1) is 15.2. The van der Waals surface area contributed by atoms with Crippen LogP contribution in [0.3, 0.4) is 0 Å². The van der Waals surface area contributed by atoms with Crippen LogP contribution in [0.2, 0.25) is 0 Å². The van der Waals surface area contributed by atoms with Crippen LogP contribution in [0.4, 0.5) is 4.79 Å². The van der Waals surface area contributed by atoms with Crippen LogP contribution < -0.4 is 4.72 Å². The van der Waals surface area contributed by atoms with Gasteiger partial charge in [0.1, 0.15) is 10.3 Å². The maximum absolute atomic E-state index is 12.4. The highest BCUT2D eigenvalue weighted by molar-refractivity contribution is 7.90. The predicted molar refractivity (Wildman–Crippen MR) is 78.7 cm³/mol. The monoisotopic (exact) mass is 296 g/mol. The second-order valence-corrected chi connectivity index (χ2v) is 8.04. The second-order valence-electron chi connectivity index (χ2n) is 6.07. The van der Waals surface area contributed by atoms with Crippen LogP contribution in [0.25, 0.3) is 0 Å². The number of nitrogens with zero attached hydrogens (tertiary/aromatic N) is 1. The fourth-order valence-electron chi connectivity index (χ4n) is 2.13. The van der Waals surface area contributed by atoms with Crippen LogP contribution in [-0.4, -0.2) is 38.5 Å². The van der Waals surface area contributed by atoms with E-state index in [-0.39, 0.29) is 0 Å². The van der Waals surface area contributed by atoms with E-state index in [1.807, 2.05) is 51.1 Å². The van der Waals surface area contributed by atoms with E-state index < -0.39 is 27.7 Å². The van der Waals surface area contributed by atoms with Gasteiger partial charge in [0.05, 0.1) is 13.1 Å². The third-order valence-electron chi connectivity index (χ3n) is 3.36. The molecular formula is C14H20N2O3S. The smallest absolute Gasteiger partial charge is 0.407 e. The highest BCUT2D eigenvalue weighted by atomic mass is 32.2. The van der Waals surface area contributed by atoms with E-state index in [4.69, 9.17) is 5.11 Å². The summed E-state index contributed by atoms with van der Waals surface area (Å²) in [7, 11) is 0. The minimum atomic E-state index is -1.25. The molecule has 2 rings (SSSR count). The standard InChI is InChI=1S/C14H20N2O3S/c1-13(2,3)20(19)15-14(9-16(10-14)12(17)18)11-7-5-4-6-8-11/h4-8,15H,9-10H2,1-3H3,(H,17,18). The van der Waals surface area contributed by atoms with Crippen LogP contribution in [0.1, 0.15) is 26.3 Å². The van der Waals surface area contributed by atoms with Gasteiger partial charge in [-0.15, -0.1) is 4.72 Å². The fraction of sp³-hybridized carbons (Fsp3) is 0.500. The van der Waals surface area contributed by atoms with Crippen molar-refractivity contribution in [3.05, 3.63) is 35.9 Å². The van der Waals surface area contributed by atoms with Gasteiger partial charge in [-0.2, -0.15) is 0 Å². The Morgan fingerprint density at radius 2 is 1.90 bits per heavy atom. The first-order valence-electron chi connectivity index (χ1n) is 6.48. The van der Waals surface area contributed by atoms with Gasteiger partial charge in [-0.3, -0.25) is 0 Å². The number of rotatable bonds is 3. The number of carbonyl (C=O) groups is 1. The number of nitrogens with one attached hydrogen (secondary N) is 1. The van der Waals surface area contributed by atoms with Crippen molar-refractivity contribution in [1.29, 1.82) is 0 Å².